The van der Waals surface area contributed by atoms with Crippen molar-refractivity contribution in [1.29, 1.82) is 5.26 Å². The molecule has 0 spiro atoms. The van der Waals surface area contributed by atoms with Crippen LogP contribution in [0, 0.1) is 24.2 Å². The summed E-state index contributed by atoms with van der Waals surface area (Å²) in [5.41, 5.74) is 2.17. The van der Waals surface area contributed by atoms with E-state index in [0.717, 1.165) is 36.5 Å². The van der Waals surface area contributed by atoms with Crippen molar-refractivity contribution < 1.29 is 0 Å². The lowest BCUT2D eigenvalue weighted by Crippen LogP contribution is -2.44. The summed E-state index contributed by atoms with van der Waals surface area (Å²) in [5.74, 6) is 0.826. The van der Waals surface area contributed by atoms with E-state index >= 15 is 0 Å². The molecule has 106 valence electrons. The van der Waals surface area contributed by atoms with Crippen molar-refractivity contribution in [2.24, 2.45) is 10.9 Å². The predicted molar refractivity (Wildman–Crippen MR) is 79.1 cm³/mol. The van der Waals surface area contributed by atoms with E-state index in [4.69, 9.17) is 5.26 Å². The normalized spacial score (nSPS) is 22.4. The van der Waals surface area contributed by atoms with Gasteiger partial charge in [0.1, 0.15) is 0 Å². The Bertz CT molecular complexity index is 517. The number of guanidine groups is 1. The minimum absolute atomic E-state index is 0.0881. The summed E-state index contributed by atoms with van der Waals surface area (Å²) in [6.45, 7) is 2.68. The van der Waals surface area contributed by atoms with Gasteiger partial charge in [0, 0.05) is 19.3 Å². The molecular weight excluding hydrogens is 250 g/mol. The van der Waals surface area contributed by atoms with Gasteiger partial charge in [-0.1, -0.05) is 6.07 Å². The molecule has 2 rings (SSSR count). The number of aryl methyl sites for hydroxylation is 1. The third-order valence-corrected chi connectivity index (χ3v) is 3.77. The Balaban J connectivity index is 1.91. The molecule has 1 aliphatic rings. The van der Waals surface area contributed by atoms with Gasteiger partial charge in [-0.2, -0.15) is 5.26 Å². The van der Waals surface area contributed by atoms with E-state index in [1.54, 1.807) is 13.2 Å². The first-order chi connectivity index (χ1) is 9.74. The number of hydrogen-bond donors (Lipinski definition) is 2. The fourth-order valence-electron chi connectivity index (χ4n) is 2.53. The molecule has 2 unspecified atom stereocenters. The molecule has 1 aromatic rings. The summed E-state index contributed by atoms with van der Waals surface area (Å²) < 4.78 is 0. The number of nitrogens with zero attached hydrogens (tertiary/aromatic N) is 3. The highest BCUT2D eigenvalue weighted by atomic mass is 15.2. The van der Waals surface area contributed by atoms with Gasteiger partial charge >= 0.3 is 0 Å². The van der Waals surface area contributed by atoms with Crippen LogP contribution in [-0.4, -0.2) is 24.0 Å². The number of nitrogens with one attached hydrogen (secondary N) is 2. The molecule has 2 atom stereocenters. The third kappa shape index (κ3) is 3.47. The Morgan fingerprint density at radius 2 is 2.40 bits per heavy atom. The van der Waals surface area contributed by atoms with Crippen molar-refractivity contribution in [3.63, 3.8) is 0 Å². The number of aromatic nitrogens is 1. The monoisotopic (exact) mass is 271 g/mol. The van der Waals surface area contributed by atoms with Crippen molar-refractivity contribution in [1.82, 2.24) is 15.6 Å². The van der Waals surface area contributed by atoms with Crippen molar-refractivity contribution in [3.8, 4) is 6.07 Å². The van der Waals surface area contributed by atoms with Crippen LogP contribution in [0.3, 0.4) is 0 Å². The molecule has 0 aromatic carbocycles. The van der Waals surface area contributed by atoms with Gasteiger partial charge in [-0.15, -0.1) is 0 Å². The second-order valence-corrected chi connectivity index (χ2v) is 5.11. The van der Waals surface area contributed by atoms with Crippen LogP contribution in [0.2, 0.25) is 0 Å². The number of aliphatic imine (C=N–C) groups is 1. The Labute approximate surface area is 120 Å². The molecule has 1 aromatic heterocycles. The number of nitriles is 1. The zero-order chi connectivity index (χ0) is 14.4. The van der Waals surface area contributed by atoms with Crippen LogP contribution in [0.25, 0.3) is 0 Å². The standard InChI is InChI=1S/C15H21N5/c1-11-5-4-8-18-14(11)10-19-15(17-2)20-13-7-3-6-12(13)9-16/h4-5,8,12-13H,3,6-7,10H2,1-2H3,(H2,17,19,20). The first kappa shape index (κ1) is 14.3. The fraction of sp³-hybridized carbons (Fsp3) is 0.533. The molecule has 20 heavy (non-hydrogen) atoms. The van der Waals surface area contributed by atoms with E-state index < -0.39 is 0 Å². The van der Waals surface area contributed by atoms with E-state index in [2.05, 4.69) is 26.7 Å². The molecule has 1 heterocycles. The first-order valence-corrected chi connectivity index (χ1v) is 7.02. The lowest BCUT2D eigenvalue weighted by Gasteiger charge is -2.19. The van der Waals surface area contributed by atoms with Crippen molar-refractivity contribution in [3.05, 3.63) is 29.6 Å². The van der Waals surface area contributed by atoms with Crippen molar-refractivity contribution in [2.75, 3.05) is 7.05 Å². The van der Waals surface area contributed by atoms with E-state index in [1.165, 1.54) is 0 Å². The molecule has 5 nitrogen and oxygen atoms in total. The quantitative estimate of drug-likeness (QED) is 0.649. The third-order valence-electron chi connectivity index (χ3n) is 3.77. The van der Waals surface area contributed by atoms with Crippen LogP contribution in [0.1, 0.15) is 30.5 Å². The second kappa shape index (κ2) is 6.90. The van der Waals surface area contributed by atoms with E-state index in [0.29, 0.717) is 6.54 Å². The van der Waals surface area contributed by atoms with Gasteiger partial charge in [0.15, 0.2) is 5.96 Å². The molecule has 1 fully saturated rings. The highest BCUT2D eigenvalue weighted by molar-refractivity contribution is 5.80. The predicted octanol–water partition coefficient (Wildman–Crippen LogP) is 1.75. The second-order valence-electron chi connectivity index (χ2n) is 5.11. The SMILES string of the molecule is CN=C(NCc1ncccc1C)NC1CCCC1C#N. The van der Waals surface area contributed by atoms with Crippen LogP contribution in [0.4, 0.5) is 0 Å². The maximum atomic E-state index is 9.11. The number of rotatable bonds is 3. The smallest absolute Gasteiger partial charge is 0.191 e. The summed E-state index contributed by atoms with van der Waals surface area (Å²) >= 11 is 0. The maximum Gasteiger partial charge on any atom is 0.191 e. The number of pyridine rings is 1. The van der Waals surface area contributed by atoms with Crippen LogP contribution in [-0.2, 0) is 6.54 Å². The lowest BCUT2D eigenvalue weighted by molar-refractivity contribution is 0.532. The van der Waals surface area contributed by atoms with Gasteiger partial charge in [-0.3, -0.25) is 9.98 Å². The van der Waals surface area contributed by atoms with Gasteiger partial charge in [0.25, 0.3) is 0 Å². The zero-order valence-electron chi connectivity index (χ0n) is 12.1. The summed E-state index contributed by atoms with van der Waals surface area (Å²) in [5, 5.41) is 15.7. The van der Waals surface area contributed by atoms with Crippen LogP contribution >= 0.6 is 0 Å². The average Bonchev–Trinajstić information content (AvgIpc) is 2.92. The molecule has 1 aliphatic carbocycles. The molecule has 0 amide bonds. The van der Waals surface area contributed by atoms with Gasteiger partial charge in [0.05, 0.1) is 24.2 Å². The topological polar surface area (TPSA) is 73.1 Å². The van der Waals surface area contributed by atoms with Crippen molar-refractivity contribution in [2.45, 2.75) is 38.8 Å². The molecule has 0 radical (unpaired) electrons. The van der Waals surface area contributed by atoms with Crippen LogP contribution < -0.4 is 10.6 Å². The van der Waals surface area contributed by atoms with Gasteiger partial charge in [-0.25, -0.2) is 0 Å². The summed E-state index contributed by atoms with van der Waals surface area (Å²) in [6.07, 6.45) is 4.90. The minimum atomic E-state index is 0.0881. The highest BCUT2D eigenvalue weighted by Gasteiger charge is 2.27. The summed E-state index contributed by atoms with van der Waals surface area (Å²) in [6, 6.07) is 6.55. The summed E-state index contributed by atoms with van der Waals surface area (Å²) in [4.78, 5) is 8.57. The molecule has 0 saturated heterocycles. The van der Waals surface area contributed by atoms with Crippen LogP contribution in [0.5, 0.6) is 0 Å². The Morgan fingerprint density at radius 3 is 3.10 bits per heavy atom. The van der Waals surface area contributed by atoms with Crippen LogP contribution in [0.15, 0.2) is 23.3 Å². The van der Waals surface area contributed by atoms with Gasteiger partial charge in [0.2, 0.25) is 0 Å². The summed E-state index contributed by atoms with van der Waals surface area (Å²) in [7, 11) is 1.75. The van der Waals surface area contributed by atoms with Crippen molar-refractivity contribution >= 4 is 5.96 Å². The molecule has 2 N–H and O–H groups in total. The first-order valence-electron chi connectivity index (χ1n) is 7.02. The minimum Gasteiger partial charge on any atom is -0.352 e. The number of hydrogen-bond acceptors (Lipinski definition) is 3. The average molecular weight is 271 g/mol. The molecule has 0 aliphatic heterocycles. The van der Waals surface area contributed by atoms with Gasteiger partial charge in [-0.05, 0) is 37.8 Å². The lowest BCUT2D eigenvalue weighted by atomic mass is 10.1. The Kier molecular flexibility index (Phi) is 4.94. The molecular formula is C15H21N5. The van der Waals surface area contributed by atoms with E-state index in [1.807, 2.05) is 19.1 Å². The fourth-order valence-corrected chi connectivity index (χ4v) is 2.53. The van der Waals surface area contributed by atoms with E-state index in [-0.39, 0.29) is 12.0 Å². The molecule has 1 saturated carbocycles. The molecule has 5 heteroatoms. The van der Waals surface area contributed by atoms with Gasteiger partial charge < -0.3 is 10.6 Å². The zero-order valence-corrected chi connectivity index (χ0v) is 12.1. The Morgan fingerprint density at radius 1 is 1.55 bits per heavy atom. The Hall–Kier alpha value is -2.09. The van der Waals surface area contributed by atoms with E-state index in [9.17, 15) is 0 Å². The largest absolute Gasteiger partial charge is 0.352 e. The highest BCUT2D eigenvalue weighted by Crippen LogP contribution is 2.24. The maximum absolute atomic E-state index is 9.11. The molecule has 0 bridgehead atoms.